The van der Waals surface area contributed by atoms with Crippen LogP contribution in [-0.2, 0) is 27.0 Å². The standard InChI is InChI=1S/C21H23F3N2O3/c1-15(20(28)29-2)12-26(13-16-8-4-3-5-9-16)14-19(27)25-18-11-7-6-10-17(18)21(22,23)24/h3-11,15H,12-14H2,1-2H3,(H,25,27). The van der Waals surface area contributed by atoms with Crippen molar-refractivity contribution >= 4 is 17.6 Å². The number of anilines is 1. The number of nitrogens with one attached hydrogen (secondary N) is 1. The number of alkyl halides is 3. The molecule has 2 aromatic rings. The molecule has 1 atom stereocenters. The van der Waals surface area contributed by atoms with Crippen LogP contribution in [0.3, 0.4) is 0 Å². The molecule has 0 radical (unpaired) electrons. The van der Waals surface area contributed by atoms with Crippen molar-refractivity contribution in [3.63, 3.8) is 0 Å². The largest absolute Gasteiger partial charge is 0.469 e. The fraction of sp³-hybridized carbons (Fsp3) is 0.333. The van der Waals surface area contributed by atoms with Crippen molar-refractivity contribution in [3.8, 4) is 0 Å². The molecule has 0 aliphatic heterocycles. The molecule has 0 spiro atoms. The fourth-order valence-corrected chi connectivity index (χ4v) is 2.92. The predicted molar refractivity (Wildman–Crippen MR) is 103 cm³/mol. The first-order valence-corrected chi connectivity index (χ1v) is 9.01. The lowest BCUT2D eigenvalue weighted by atomic mass is 10.1. The molecule has 156 valence electrons. The highest BCUT2D eigenvalue weighted by molar-refractivity contribution is 5.93. The van der Waals surface area contributed by atoms with Crippen molar-refractivity contribution in [2.45, 2.75) is 19.6 Å². The van der Waals surface area contributed by atoms with Gasteiger partial charge in [0.15, 0.2) is 0 Å². The van der Waals surface area contributed by atoms with Crippen LogP contribution in [-0.4, -0.2) is 37.0 Å². The Balaban J connectivity index is 2.13. The van der Waals surface area contributed by atoms with E-state index in [1.807, 2.05) is 30.3 Å². The molecule has 8 heteroatoms. The van der Waals surface area contributed by atoms with Crippen molar-refractivity contribution in [3.05, 3.63) is 65.7 Å². The maximum Gasteiger partial charge on any atom is 0.418 e. The summed E-state index contributed by atoms with van der Waals surface area (Å²) in [5, 5.41) is 2.33. The van der Waals surface area contributed by atoms with Crippen molar-refractivity contribution < 1.29 is 27.5 Å². The maximum atomic E-state index is 13.1. The highest BCUT2D eigenvalue weighted by Gasteiger charge is 2.33. The minimum absolute atomic E-state index is 0.178. The van der Waals surface area contributed by atoms with E-state index >= 15 is 0 Å². The van der Waals surface area contributed by atoms with E-state index in [1.165, 1.54) is 25.3 Å². The van der Waals surface area contributed by atoms with E-state index in [2.05, 4.69) is 5.32 Å². The van der Waals surface area contributed by atoms with Gasteiger partial charge in [0.1, 0.15) is 0 Å². The molecule has 0 heterocycles. The number of hydrogen-bond donors (Lipinski definition) is 1. The van der Waals surface area contributed by atoms with E-state index in [9.17, 15) is 22.8 Å². The van der Waals surface area contributed by atoms with Gasteiger partial charge in [-0.15, -0.1) is 0 Å². The topological polar surface area (TPSA) is 58.6 Å². The first kappa shape index (κ1) is 22.4. The first-order valence-electron chi connectivity index (χ1n) is 9.01. The van der Waals surface area contributed by atoms with Gasteiger partial charge in [-0.2, -0.15) is 13.2 Å². The zero-order chi connectivity index (χ0) is 21.4. The van der Waals surface area contributed by atoms with Crippen LogP contribution in [0.15, 0.2) is 54.6 Å². The van der Waals surface area contributed by atoms with E-state index in [1.54, 1.807) is 11.8 Å². The number of nitrogens with zero attached hydrogens (tertiary/aromatic N) is 1. The van der Waals surface area contributed by atoms with Gasteiger partial charge in [0.2, 0.25) is 5.91 Å². The Hall–Kier alpha value is -2.87. The summed E-state index contributed by atoms with van der Waals surface area (Å²) in [6.45, 7) is 2.07. The third-order valence-corrected chi connectivity index (χ3v) is 4.26. The predicted octanol–water partition coefficient (Wildman–Crippen LogP) is 3.96. The van der Waals surface area contributed by atoms with Gasteiger partial charge < -0.3 is 10.1 Å². The number of rotatable bonds is 8. The number of halogens is 3. The maximum absolute atomic E-state index is 13.1. The Labute approximate surface area is 167 Å². The molecule has 1 unspecified atom stereocenters. The molecule has 29 heavy (non-hydrogen) atoms. The van der Waals surface area contributed by atoms with Gasteiger partial charge in [-0.05, 0) is 17.7 Å². The second-order valence-corrected chi connectivity index (χ2v) is 6.67. The van der Waals surface area contributed by atoms with Crippen LogP contribution in [0.5, 0.6) is 0 Å². The van der Waals surface area contributed by atoms with E-state index in [0.29, 0.717) is 6.54 Å². The highest BCUT2D eigenvalue weighted by Crippen LogP contribution is 2.34. The monoisotopic (exact) mass is 408 g/mol. The molecule has 0 aliphatic rings. The summed E-state index contributed by atoms with van der Waals surface area (Å²) < 4.78 is 44.1. The molecule has 0 saturated carbocycles. The number of hydrogen-bond acceptors (Lipinski definition) is 4. The van der Waals surface area contributed by atoms with Crippen LogP contribution in [0.25, 0.3) is 0 Å². The van der Waals surface area contributed by atoms with Gasteiger partial charge in [0.05, 0.1) is 30.8 Å². The lowest BCUT2D eigenvalue weighted by molar-refractivity contribution is -0.145. The first-order chi connectivity index (χ1) is 13.7. The third kappa shape index (κ3) is 6.90. The average Bonchev–Trinajstić information content (AvgIpc) is 2.67. The molecule has 1 N–H and O–H groups in total. The lowest BCUT2D eigenvalue weighted by Gasteiger charge is -2.24. The van der Waals surface area contributed by atoms with Gasteiger partial charge in [0, 0.05) is 13.1 Å². The van der Waals surface area contributed by atoms with E-state index in [4.69, 9.17) is 4.74 Å². The second kappa shape index (κ2) is 10.1. The number of para-hydroxylation sites is 1. The molecule has 0 fully saturated rings. The number of benzene rings is 2. The van der Waals surface area contributed by atoms with Crippen molar-refractivity contribution in [1.29, 1.82) is 0 Å². The molecule has 0 bridgehead atoms. The Morgan fingerprint density at radius 2 is 1.69 bits per heavy atom. The van der Waals surface area contributed by atoms with Gasteiger partial charge in [-0.25, -0.2) is 0 Å². The van der Waals surface area contributed by atoms with Gasteiger partial charge >= 0.3 is 12.1 Å². The number of ether oxygens (including phenoxy) is 1. The minimum Gasteiger partial charge on any atom is -0.469 e. The molecule has 1 amide bonds. The van der Waals surface area contributed by atoms with Crippen LogP contribution >= 0.6 is 0 Å². The fourth-order valence-electron chi connectivity index (χ4n) is 2.92. The molecule has 0 aromatic heterocycles. The molecule has 2 aromatic carbocycles. The third-order valence-electron chi connectivity index (χ3n) is 4.26. The zero-order valence-electron chi connectivity index (χ0n) is 16.2. The Morgan fingerprint density at radius 3 is 2.31 bits per heavy atom. The summed E-state index contributed by atoms with van der Waals surface area (Å²) in [5.41, 5.74) is -0.301. The summed E-state index contributed by atoms with van der Waals surface area (Å²) in [5.74, 6) is -1.53. The van der Waals surface area contributed by atoms with E-state index < -0.39 is 29.5 Å². The quantitative estimate of drug-likeness (QED) is 0.672. The molecular weight excluding hydrogens is 385 g/mol. The number of esters is 1. The highest BCUT2D eigenvalue weighted by atomic mass is 19.4. The molecule has 2 rings (SSSR count). The van der Waals surface area contributed by atoms with Crippen molar-refractivity contribution in [1.82, 2.24) is 4.90 Å². The van der Waals surface area contributed by atoms with Crippen LogP contribution in [0.4, 0.5) is 18.9 Å². The lowest BCUT2D eigenvalue weighted by Crippen LogP contribution is -2.38. The summed E-state index contributed by atoms with van der Waals surface area (Å²) in [6, 6.07) is 14.1. The SMILES string of the molecule is COC(=O)C(C)CN(CC(=O)Nc1ccccc1C(F)(F)F)Cc1ccccc1. The molecular formula is C21H23F3N2O3. The summed E-state index contributed by atoms with van der Waals surface area (Å²) in [7, 11) is 1.28. The number of carbonyl (C=O) groups excluding carboxylic acids is 2. The van der Waals surface area contributed by atoms with Crippen molar-refractivity contribution in [2.75, 3.05) is 25.5 Å². The van der Waals surface area contributed by atoms with Crippen molar-refractivity contribution in [2.24, 2.45) is 5.92 Å². The number of amides is 1. The van der Waals surface area contributed by atoms with Gasteiger partial charge in [-0.1, -0.05) is 49.4 Å². The Bertz CT molecular complexity index is 825. The Morgan fingerprint density at radius 1 is 1.07 bits per heavy atom. The minimum atomic E-state index is -4.58. The number of methoxy groups -OCH3 is 1. The van der Waals surface area contributed by atoms with Crippen LogP contribution < -0.4 is 5.32 Å². The average molecular weight is 408 g/mol. The smallest absolute Gasteiger partial charge is 0.418 e. The van der Waals surface area contributed by atoms with E-state index in [0.717, 1.165) is 11.6 Å². The van der Waals surface area contributed by atoms with Gasteiger partial charge in [0.25, 0.3) is 0 Å². The molecule has 0 saturated heterocycles. The summed E-state index contributed by atoms with van der Waals surface area (Å²) in [6.07, 6.45) is -4.58. The van der Waals surface area contributed by atoms with Crippen LogP contribution in [0.1, 0.15) is 18.1 Å². The molecule has 0 aliphatic carbocycles. The van der Waals surface area contributed by atoms with Gasteiger partial charge in [-0.3, -0.25) is 14.5 Å². The van der Waals surface area contributed by atoms with Crippen LogP contribution in [0, 0.1) is 5.92 Å². The normalized spacial score (nSPS) is 12.5. The molecule has 5 nitrogen and oxygen atoms in total. The van der Waals surface area contributed by atoms with Crippen LogP contribution in [0.2, 0.25) is 0 Å². The number of carbonyl (C=O) groups is 2. The zero-order valence-corrected chi connectivity index (χ0v) is 16.2. The Kier molecular flexibility index (Phi) is 7.78. The summed E-state index contributed by atoms with van der Waals surface area (Å²) >= 11 is 0. The van der Waals surface area contributed by atoms with E-state index in [-0.39, 0.29) is 18.8 Å². The summed E-state index contributed by atoms with van der Waals surface area (Å²) in [4.78, 5) is 25.9. The second-order valence-electron chi connectivity index (χ2n) is 6.67.